The van der Waals surface area contributed by atoms with Crippen molar-refractivity contribution in [1.82, 2.24) is 19.7 Å². The predicted octanol–water partition coefficient (Wildman–Crippen LogP) is 3.04. The van der Waals surface area contributed by atoms with Crippen LogP contribution in [0.4, 0.5) is 0 Å². The van der Waals surface area contributed by atoms with E-state index in [1.807, 2.05) is 26.4 Å². The average Bonchev–Trinajstić information content (AvgIpc) is 2.83. The van der Waals surface area contributed by atoms with Crippen molar-refractivity contribution in [2.45, 2.75) is 26.3 Å². The number of hydrogen-bond acceptors (Lipinski definition) is 2. The maximum absolute atomic E-state index is 6.05. The number of likely N-dealkylation sites (tertiary alicyclic amines) is 1. The molecule has 0 amide bonds. The molecule has 0 unspecified atom stereocenters. The van der Waals surface area contributed by atoms with E-state index in [0.29, 0.717) is 0 Å². The van der Waals surface area contributed by atoms with Crippen LogP contribution in [0.1, 0.15) is 25.5 Å². The summed E-state index contributed by atoms with van der Waals surface area (Å²) in [7, 11) is 5.90. The Morgan fingerprint density at radius 1 is 1.42 bits per heavy atom. The molecule has 0 saturated carbocycles. The molecule has 0 radical (unpaired) electrons. The molecule has 0 bridgehead atoms. The van der Waals surface area contributed by atoms with Crippen LogP contribution in [0, 0.1) is 5.92 Å². The van der Waals surface area contributed by atoms with Gasteiger partial charge in [-0.15, -0.1) is 24.0 Å². The third-order valence-electron chi connectivity index (χ3n) is 4.63. The second kappa shape index (κ2) is 10.5. The number of halogens is 2. The van der Waals surface area contributed by atoms with Crippen LogP contribution >= 0.6 is 35.6 Å². The molecular weight excluding hydrogens is 437 g/mol. The van der Waals surface area contributed by atoms with Gasteiger partial charge in [-0.1, -0.05) is 18.5 Å². The molecule has 7 heteroatoms. The number of aryl methyl sites for hydroxylation is 1. The number of hydrogen-bond donors (Lipinski definition) is 1. The molecule has 0 aromatic carbocycles. The summed E-state index contributed by atoms with van der Waals surface area (Å²) in [6, 6.07) is 2.00. The molecule has 1 N–H and O–H groups in total. The van der Waals surface area contributed by atoms with Gasteiger partial charge in [-0.05, 0) is 37.9 Å². The molecule has 138 valence electrons. The van der Waals surface area contributed by atoms with Crippen molar-refractivity contribution in [3.63, 3.8) is 0 Å². The largest absolute Gasteiger partial charge is 0.355 e. The standard InChI is InChI=1S/C17H30ClN5.HI/c1-14-5-8-23(9-6-14)10-7-20-17(19-2)22(4)13-16-11-15(18)12-21(16)3;/h11-12,14H,5-10,13H2,1-4H3,(H,19,20);1H. The number of nitrogens with zero attached hydrogens (tertiary/aromatic N) is 4. The number of nitrogens with one attached hydrogen (secondary N) is 1. The molecule has 1 aromatic heterocycles. The minimum Gasteiger partial charge on any atom is -0.355 e. The Morgan fingerprint density at radius 2 is 2.08 bits per heavy atom. The molecule has 5 nitrogen and oxygen atoms in total. The third-order valence-corrected chi connectivity index (χ3v) is 4.84. The van der Waals surface area contributed by atoms with Crippen molar-refractivity contribution < 1.29 is 0 Å². The van der Waals surface area contributed by atoms with E-state index in [-0.39, 0.29) is 24.0 Å². The lowest BCUT2D eigenvalue weighted by Crippen LogP contribution is -2.43. The SMILES string of the molecule is CN=C(NCCN1CCC(C)CC1)N(C)Cc1cc(Cl)cn1C.I. The lowest BCUT2D eigenvalue weighted by Gasteiger charge is -2.30. The summed E-state index contributed by atoms with van der Waals surface area (Å²) >= 11 is 6.05. The third kappa shape index (κ3) is 6.44. The van der Waals surface area contributed by atoms with Crippen LogP contribution in [0.15, 0.2) is 17.3 Å². The van der Waals surface area contributed by atoms with Crippen LogP contribution in [0.5, 0.6) is 0 Å². The molecule has 0 spiro atoms. The number of aromatic nitrogens is 1. The minimum atomic E-state index is 0. The minimum absolute atomic E-state index is 0. The van der Waals surface area contributed by atoms with Crippen LogP contribution in [-0.2, 0) is 13.6 Å². The summed E-state index contributed by atoms with van der Waals surface area (Å²) in [5.41, 5.74) is 1.17. The molecule has 1 saturated heterocycles. The first-order valence-electron chi connectivity index (χ1n) is 8.44. The molecule has 1 aliphatic heterocycles. The van der Waals surface area contributed by atoms with Gasteiger partial charge in [0.2, 0.25) is 0 Å². The highest BCUT2D eigenvalue weighted by Crippen LogP contribution is 2.15. The normalized spacial score (nSPS) is 16.8. The van der Waals surface area contributed by atoms with E-state index in [9.17, 15) is 0 Å². The first kappa shape index (κ1) is 21.6. The molecule has 2 rings (SSSR count). The highest BCUT2D eigenvalue weighted by molar-refractivity contribution is 14.0. The molecular formula is C17H31ClIN5. The molecule has 0 aliphatic carbocycles. The van der Waals surface area contributed by atoms with Crippen molar-refractivity contribution in [3.05, 3.63) is 23.0 Å². The maximum Gasteiger partial charge on any atom is 0.193 e. The second-order valence-electron chi connectivity index (χ2n) is 6.61. The van der Waals surface area contributed by atoms with E-state index in [4.69, 9.17) is 11.6 Å². The van der Waals surface area contributed by atoms with Crippen molar-refractivity contribution >= 4 is 41.5 Å². The lowest BCUT2D eigenvalue weighted by molar-refractivity contribution is 0.195. The summed E-state index contributed by atoms with van der Waals surface area (Å²) in [5.74, 6) is 1.81. The fraction of sp³-hybridized carbons (Fsp3) is 0.706. The first-order valence-corrected chi connectivity index (χ1v) is 8.82. The summed E-state index contributed by atoms with van der Waals surface area (Å²) in [5, 5.41) is 4.24. The van der Waals surface area contributed by atoms with E-state index >= 15 is 0 Å². The zero-order valence-electron chi connectivity index (χ0n) is 15.3. The summed E-state index contributed by atoms with van der Waals surface area (Å²) in [6.45, 7) is 7.58. The quantitative estimate of drug-likeness (QED) is 0.411. The molecule has 1 aromatic rings. The highest BCUT2D eigenvalue weighted by Gasteiger charge is 2.15. The monoisotopic (exact) mass is 467 g/mol. The smallest absolute Gasteiger partial charge is 0.193 e. The van der Waals surface area contributed by atoms with E-state index in [1.165, 1.54) is 31.6 Å². The maximum atomic E-state index is 6.05. The number of piperidine rings is 1. The topological polar surface area (TPSA) is 35.8 Å². The Labute approximate surface area is 168 Å². The summed E-state index contributed by atoms with van der Waals surface area (Å²) in [6.07, 6.45) is 4.57. The Morgan fingerprint density at radius 3 is 2.62 bits per heavy atom. The fourth-order valence-electron chi connectivity index (χ4n) is 3.04. The molecule has 0 atom stereocenters. The van der Waals surface area contributed by atoms with Crippen LogP contribution in [0.2, 0.25) is 5.02 Å². The van der Waals surface area contributed by atoms with E-state index in [0.717, 1.165) is 36.5 Å². The highest BCUT2D eigenvalue weighted by atomic mass is 127. The Bertz CT molecular complexity index is 523. The summed E-state index contributed by atoms with van der Waals surface area (Å²) in [4.78, 5) is 9.05. The average molecular weight is 468 g/mol. The van der Waals surface area contributed by atoms with Gasteiger partial charge in [-0.3, -0.25) is 4.99 Å². The number of rotatable bonds is 5. The lowest BCUT2D eigenvalue weighted by atomic mass is 9.99. The van der Waals surface area contributed by atoms with Gasteiger partial charge in [-0.25, -0.2) is 0 Å². The van der Waals surface area contributed by atoms with Gasteiger partial charge in [0.25, 0.3) is 0 Å². The van der Waals surface area contributed by atoms with E-state index < -0.39 is 0 Å². The Kier molecular flexibility index (Phi) is 9.44. The number of aliphatic imine (C=N–C) groups is 1. The Hall–Kier alpha value is -0.470. The van der Waals surface area contributed by atoms with E-state index in [2.05, 4.69) is 38.6 Å². The van der Waals surface area contributed by atoms with Crippen LogP contribution < -0.4 is 5.32 Å². The van der Waals surface area contributed by atoms with Crippen LogP contribution in [0.25, 0.3) is 0 Å². The predicted molar refractivity (Wildman–Crippen MR) is 114 cm³/mol. The zero-order chi connectivity index (χ0) is 16.8. The van der Waals surface area contributed by atoms with Gasteiger partial charge in [0, 0.05) is 46.1 Å². The Balaban J connectivity index is 0.00000288. The van der Waals surface area contributed by atoms with Crippen LogP contribution in [-0.4, -0.2) is 60.6 Å². The van der Waals surface area contributed by atoms with Gasteiger partial charge < -0.3 is 19.7 Å². The second-order valence-corrected chi connectivity index (χ2v) is 7.05. The zero-order valence-corrected chi connectivity index (χ0v) is 18.3. The summed E-state index contributed by atoms with van der Waals surface area (Å²) < 4.78 is 2.06. The van der Waals surface area contributed by atoms with Gasteiger partial charge in [-0.2, -0.15) is 0 Å². The first-order chi connectivity index (χ1) is 11.0. The van der Waals surface area contributed by atoms with Gasteiger partial charge in [0.15, 0.2) is 5.96 Å². The number of guanidine groups is 1. The molecule has 24 heavy (non-hydrogen) atoms. The van der Waals surface area contributed by atoms with Gasteiger partial charge in [0.1, 0.15) is 0 Å². The van der Waals surface area contributed by atoms with Gasteiger partial charge in [0.05, 0.1) is 11.6 Å². The van der Waals surface area contributed by atoms with Crippen molar-refractivity contribution in [3.8, 4) is 0 Å². The van der Waals surface area contributed by atoms with Crippen LogP contribution in [0.3, 0.4) is 0 Å². The molecule has 1 aliphatic rings. The van der Waals surface area contributed by atoms with Crippen molar-refractivity contribution in [1.29, 1.82) is 0 Å². The molecule has 2 heterocycles. The fourth-order valence-corrected chi connectivity index (χ4v) is 3.31. The van der Waals surface area contributed by atoms with E-state index in [1.54, 1.807) is 0 Å². The molecule has 1 fully saturated rings. The van der Waals surface area contributed by atoms with Crippen molar-refractivity contribution in [2.75, 3.05) is 40.3 Å². The van der Waals surface area contributed by atoms with Crippen molar-refractivity contribution in [2.24, 2.45) is 18.0 Å². The van der Waals surface area contributed by atoms with Gasteiger partial charge >= 0.3 is 0 Å².